The maximum absolute atomic E-state index is 6.06. The molecule has 0 amide bonds. The number of fused-ring (bicyclic) bond motifs is 1. The second-order valence-electron chi connectivity index (χ2n) is 6.33. The molecule has 1 aliphatic heterocycles. The summed E-state index contributed by atoms with van der Waals surface area (Å²) >= 11 is 0. The van der Waals surface area contributed by atoms with Gasteiger partial charge in [0.1, 0.15) is 6.10 Å². The molecular formula is C18H27NO2. The molecule has 0 aromatic rings. The Balaban J connectivity index is 1.46. The molecule has 21 heavy (non-hydrogen) atoms. The van der Waals surface area contributed by atoms with E-state index in [9.17, 15) is 0 Å². The van der Waals surface area contributed by atoms with Gasteiger partial charge in [0.2, 0.25) is 0 Å². The normalized spacial score (nSPS) is 34.4. The minimum Gasteiger partial charge on any atom is -0.478 e. The quantitative estimate of drug-likeness (QED) is 0.738. The Morgan fingerprint density at radius 2 is 2.24 bits per heavy atom. The van der Waals surface area contributed by atoms with Crippen LogP contribution in [0.3, 0.4) is 0 Å². The fraction of sp³-hybridized carbons (Fsp3) is 0.722. The van der Waals surface area contributed by atoms with Crippen molar-refractivity contribution >= 4 is 6.40 Å². The molecule has 0 radical (unpaired) electrons. The second kappa shape index (κ2) is 6.78. The Labute approximate surface area is 128 Å². The molecule has 3 aliphatic rings. The van der Waals surface area contributed by atoms with E-state index in [0.717, 1.165) is 31.8 Å². The van der Waals surface area contributed by atoms with E-state index in [1.807, 2.05) is 0 Å². The summed E-state index contributed by atoms with van der Waals surface area (Å²) in [4.78, 5) is 4.39. The number of rotatable bonds is 6. The van der Waals surface area contributed by atoms with Crippen molar-refractivity contribution in [3.8, 4) is 0 Å². The van der Waals surface area contributed by atoms with Crippen molar-refractivity contribution in [2.45, 2.75) is 70.6 Å². The Morgan fingerprint density at radius 3 is 3.05 bits per heavy atom. The SMILES string of the molecule is CCC1CCC2=CC(OCCC3N=COC3CC)CC=C21. The highest BCUT2D eigenvalue weighted by Gasteiger charge is 2.28. The molecule has 1 fully saturated rings. The van der Waals surface area contributed by atoms with E-state index in [2.05, 4.69) is 31.0 Å². The third kappa shape index (κ3) is 3.23. The molecule has 3 heteroatoms. The van der Waals surface area contributed by atoms with Crippen LogP contribution in [0.15, 0.2) is 28.3 Å². The first-order valence-corrected chi connectivity index (χ1v) is 8.51. The smallest absolute Gasteiger partial charge is 0.170 e. The Morgan fingerprint density at radius 1 is 1.33 bits per heavy atom. The maximum Gasteiger partial charge on any atom is 0.170 e. The summed E-state index contributed by atoms with van der Waals surface area (Å²) in [5.41, 5.74) is 3.16. The Hall–Kier alpha value is -1.09. The van der Waals surface area contributed by atoms with Crippen molar-refractivity contribution in [2.24, 2.45) is 10.9 Å². The summed E-state index contributed by atoms with van der Waals surface area (Å²) in [6.45, 7) is 5.22. The van der Waals surface area contributed by atoms with Crippen LogP contribution in [0.4, 0.5) is 0 Å². The van der Waals surface area contributed by atoms with Crippen LogP contribution < -0.4 is 0 Å². The van der Waals surface area contributed by atoms with Gasteiger partial charge in [-0.2, -0.15) is 0 Å². The molecule has 2 aliphatic carbocycles. The van der Waals surface area contributed by atoms with Gasteiger partial charge in [0.05, 0.1) is 12.1 Å². The molecule has 0 bridgehead atoms. The molecule has 0 aromatic heterocycles. The molecule has 116 valence electrons. The summed E-state index contributed by atoms with van der Waals surface area (Å²) in [5.74, 6) is 0.799. The lowest BCUT2D eigenvalue weighted by molar-refractivity contribution is 0.0717. The first-order chi connectivity index (χ1) is 10.3. The van der Waals surface area contributed by atoms with Crippen molar-refractivity contribution in [2.75, 3.05) is 6.61 Å². The topological polar surface area (TPSA) is 30.8 Å². The number of ether oxygens (including phenoxy) is 2. The van der Waals surface area contributed by atoms with E-state index in [-0.39, 0.29) is 18.2 Å². The molecular weight excluding hydrogens is 262 g/mol. The Bertz CT molecular complexity index is 452. The van der Waals surface area contributed by atoms with Gasteiger partial charge in [-0.3, -0.25) is 4.99 Å². The number of hydrogen-bond donors (Lipinski definition) is 0. The number of allylic oxidation sites excluding steroid dienone is 2. The number of aliphatic imine (C=N–C) groups is 1. The van der Waals surface area contributed by atoms with Gasteiger partial charge in [-0.15, -0.1) is 0 Å². The van der Waals surface area contributed by atoms with Gasteiger partial charge in [0, 0.05) is 6.61 Å². The molecule has 1 heterocycles. The van der Waals surface area contributed by atoms with Gasteiger partial charge in [0.25, 0.3) is 0 Å². The van der Waals surface area contributed by atoms with E-state index in [1.54, 1.807) is 17.5 Å². The van der Waals surface area contributed by atoms with Crippen LogP contribution in [0.5, 0.6) is 0 Å². The van der Waals surface area contributed by atoms with E-state index in [4.69, 9.17) is 9.47 Å². The highest BCUT2D eigenvalue weighted by atomic mass is 16.5. The second-order valence-corrected chi connectivity index (χ2v) is 6.33. The summed E-state index contributed by atoms with van der Waals surface area (Å²) in [7, 11) is 0. The van der Waals surface area contributed by atoms with Gasteiger partial charge >= 0.3 is 0 Å². The van der Waals surface area contributed by atoms with E-state index in [1.165, 1.54) is 19.3 Å². The Kier molecular flexibility index (Phi) is 4.79. The zero-order valence-corrected chi connectivity index (χ0v) is 13.3. The summed E-state index contributed by atoms with van der Waals surface area (Å²) in [6, 6.07) is 0.285. The molecule has 0 spiro atoms. The largest absolute Gasteiger partial charge is 0.478 e. The van der Waals surface area contributed by atoms with E-state index < -0.39 is 0 Å². The fourth-order valence-electron chi connectivity index (χ4n) is 3.79. The highest BCUT2D eigenvalue weighted by molar-refractivity contribution is 5.49. The molecule has 0 aromatic carbocycles. The van der Waals surface area contributed by atoms with Crippen LogP contribution >= 0.6 is 0 Å². The zero-order valence-electron chi connectivity index (χ0n) is 13.3. The van der Waals surface area contributed by atoms with Crippen LogP contribution in [-0.4, -0.2) is 31.3 Å². The molecule has 3 rings (SSSR count). The van der Waals surface area contributed by atoms with E-state index >= 15 is 0 Å². The van der Waals surface area contributed by atoms with Crippen LogP contribution in [0, 0.1) is 5.92 Å². The molecule has 4 atom stereocenters. The van der Waals surface area contributed by atoms with Gasteiger partial charge in [-0.1, -0.05) is 26.0 Å². The van der Waals surface area contributed by atoms with Crippen molar-refractivity contribution in [1.29, 1.82) is 0 Å². The van der Waals surface area contributed by atoms with Crippen molar-refractivity contribution in [3.05, 3.63) is 23.3 Å². The molecule has 0 saturated heterocycles. The van der Waals surface area contributed by atoms with Gasteiger partial charge in [-0.25, -0.2) is 0 Å². The third-order valence-corrected chi connectivity index (χ3v) is 5.09. The van der Waals surface area contributed by atoms with Gasteiger partial charge < -0.3 is 9.47 Å². The first kappa shape index (κ1) is 14.8. The summed E-state index contributed by atoms with van der Waals surface area (Å²) in [6.07, 6.45) is 13.8. The van der Waals surface area contributed by atoms with Crippen molar-refractivity contribution in [3.63, 3.8) is 0 Å². The molecule has 1 saturated carbocycles. The maximum atomic E-state index is 6.06. The average molecular weight is 289 g/mol. The summed E-state index contributed by atoms with van der Waals surface area (Å²) in [5, 5.41) is 0. The summed E-state index contributed by atoms with van der Waals surface area (Å²) < 4.78 is 11.5. The molecule has 4 unspecified atom stereocenters. The lowest BCUT2D eigenvalue weighted by atomic mass is 9.92. The lowest BCUT2D eigenvalue weighted by Gasteiger charge is -2.22. The molecule has 3 nitrogen and oxygen atoms in total. The van der Waals surface area contributed by atoms with Crippen molar-refractivity contribution in [1.82, 2.24) is 0 Å². The van der Waals surface area contributed by atoms with E-state index in [0.29, 0.717) is 0 Å². The standard InChI is InChI=1S/C18H27NO2/c1-3-13-5-6-14-11-15(7-8-16(13)14)20-10-9-17-18(4-2)21-12-19-17/h8,11-13,15,17-18H,3-7,9-10H2,1-2H3. The van der Waals surface area contributed by atoms with Gasteiger partial charge in [-0.05, 0) is 55.6 Å². The van der Waals surface area contributed by atoms with Gasteiger partial charge in [0.15, 0.2) is 6.40 Å². The van der Waals surface area contributed by atoms with Crippen LogP contribution in [-0.2, 0) is 9.47 Å². The van der Waals surface area contributed by atoms with Crippen LogP contribution in [0.25, 0.3) is 0 Å². The zero-order chi connectivity index (χ0) is 14.7. The predicted molar refractivity (Wildman–Crippen MR) is 85.6 cm³/mol. The molecule has 0 N–H and O–H groups in total. The first-order valence-electron chi connectivity index (χ1n) is 8.51. The average Bonchev–Trinajstić information content (AvgIpc) is 3.12. The van der Waals surface area contributed by atoms with Crippen LogP contribution in [0.1, 0.15) is 52.4 Å². The van der Waals surface area contributed by atoms with Crippen molar-refractivity contribution < 1.29 is 9.47 Å². The highest BCUT2D eigenvalue weighted by Crippen LogP contribution is 2.40. The third-order valence-electron chi connectivity index (χ3n) is 5.09. The van der Waals surface area contributed by atoms with Crippen LogP contribution in [0.2, 0.25) is 0 Å². The fourth-order valence-corrected chi connectivity index (χ4v) is 3.79. The predicted octanol–water partition coefficient (Wildman–Crippen LogP) is 4.04. The lowest BCUT2D eigenvalue weighted by Crippen LogP contribution is -2.24. The minimum absolute atomic E-state index is 0.255. The minimum atomic E-state index is 0.255. The monoisotopic (exact) mass is 289 g/mol. The number of nitrogens with zero attached hydrogens (tertiary/aromatic N) is 1. The number of hydrogen-bond acceptors (Lipinski definition) is 3.